The molecule has 0 bridgehead atoms. The van der Waals surface area contributed by atoms with Crippen molar-refractivity contribution in [2.45, 2.75) is 0 Å². The summed E-state index contributed by atoms with van der Waals surface area (Å²) >= 11 is 5.96. The van der Waals surface area contributed by atoms with Gasteiger partial charge in [-0.2, -0.15) is 5.10 Å². The second-order valence-corrected chi connectivity index (χ2v) is 7.44. The van der Waals surface area contributed by atoms with Crippen molar-refractivity contribution in [2.75, 3.05) is 13.7 Å². The molecule has 9 heteroatoms. The molecule has 178 valence electrons. The fourth-order valence-corrected chi connectivity index (χ4v) is 3.06. The predicted octanol–water partition coefficient (Wildman–Crippen LogP) is 3.85. The van der Waals surface area contributed by atoms with E-state index in [1.165, 1.54) is 19.4 Å². The first-order valence-electron chi connectivity index (χ1n) is 10.4. The van der Waals surface area contributed by atoms with Gasteiger partial charge < -0.3 is 14.8 Å². The SMILES string of the molecule is COc1cc(C=NNC(=O)CNC(=O)c2ccccc2Cl)ccc1OC(=O)C=Cc1ccccc1. The molecule has 3 aromatic carbocycles. The standard InChI is InChI=1S/C26H22ClN3O5/c1-34-23-15-19(11-13-22(23)35-25(32)14-12-18-7-3-2-4-8-18)16-29-30-24(31)17-28-26(33)20-9-5-6-10-21(20)27/h2-16H,17H2,1H3,(H,28,33)(H,30,31). The van der Waals surface area contributed by atoms with E-state index >= 15 is 0 Å². The zero-order chi connectivity index (χ0) is 25.0. The average Bonchev–Trinajstić information content (AvgIpc) is 2.87. The second kappa shape index (κ2) is 12.7. The van der Waals surface area contributed by atoms with Crippen LogP contribution in [0.4, 0.5) is 0 Å². The fourth-order valence-electron chi connectivity index (χ4n) is 2.84. The molecule has 0 saturated heterocycles. The van der Waals surface area contributed by atoms with Crippen molar-refractivity contribution in [3.05, 3.63) is 101 Å². The molecule has 0 spiro atoms. The van der Waals surface area contributed by atoms with E-state index in [4.69, 9.17) is 21.1 Å². The molecule has 0 aromatic heterocycles. The van der Waals surface area contributed by atoms with E-state index in [-0.39, 0.29) is 17.9 Å². The number of hydrogen-bond acceptors (Lipinski definition) is 6. The molecule has 2 N–H and O–H groups in total. The number of halogens is 1. The first-order valence-corrected chi connectivity index (χ1v) is 10.8. The van der Waals surface area contributed by atoms with Crippen molar-refractivity contribution >= 4 is 41.7 Å². The Morgan fingerprint density at radius 2 is 1.69 bits per heavy atom. The van der Waals surface area contributed by atoms with Crippen molar-refractivity contribution in [1.29, 1.82) is 0 Å². The molecule has 0 atom stereocenters. The number of esters is 1. The van der Waals surface area contributed by atoms with Crippen molar-refractivity contribution in [3.8, 4) is 11.5 Å². The number of nitrogens with zero attached hydrogens (tertiary/aromatic N) is 1. The maximum atomic E-state index is 12.1. The van der Waals surface area contributed by atoms with E-state index in [0.29, 0.717) is 16.3 Å². The van der Waals surface area contributed by atoms with Crippen LogP contribution in [0.1, 0.15) is 21.5 Å². The maximum absolute atomic E-state index is 12.1. The molecule has 0 aliphatic rings. The van der Waals surface area contributed by atoms with Gasteiger partial charge in [-0.3, -0.25) is 9.59 Å². The Labute approximate surface area is 207 Å². The van der Waals surface area contributed by atoms with Gasteiger partial charge in [-0.25, -0.2) is 10.2 Å². The molecule has 0 aliphatic carbocycles. The van der Waals surface area contributed by atoms with Crippen LogP contribution in [0, 0.1) is 0 Å². The summed E-state index contributed by atoms with van der Waals surface area (Å²) in [5.74, 6) is -1.00. The molecule has 0 fully saturated rings. The summed E-state index contributed by atoms with van der Waals surface area (Å²) in [6, 6.07) is 20.7. The highest BCUT2D eigenvalue weighted by atomic mass is 35.5. The maximum Gasteiger partial charge on any atom is 0.336 e. The lowest BCUT2D eigenvalue weighted by Gasteiger charge is -2.08. The monoisotopic (exact) mass is 491 g/mol. The smallest absolute Gasteiger partial charge is 0.336 e. The van der Waals surface area contributed by atoms with E-state index in [0.717, 1.165) is 5.56 Å². The fraction of sp³-hybridized carbons (Fsp3) is 0.0769. The van der Waals surface area contributed by atoms with Crippen LogP contribution in [0.5, 0.6) is 11.5 Å². The molecule has 0 radical (unpaired) electrons. The van der Waals surface area contributed by atoms with Crippen LogP contribution >= 0.6 is 11.6 Å². The van der Waals surface area contributed by atoms with Gasteiger partial charge in [0, 0.05) is 6.08 Å². The Morgan fingerprint density at radius 3 is 2.43 bits per heavy atom. The average molecular weight is 492 g/mol. The molecule has 0 heterocycles. The van der Waals surface area contributed by atoms with Crippen LogP contribution in [0.3, 0.4) is 0 Å². The molecule has 0 unspecified atom stereocenters. The van der Waals surface area contributed by atoms with Crippen LogP contribution in [0.2, 0.25) is 5.02 Å². The molecule has 0 aliphatic heterocycles. The highest BCUT2D eigenvalue weighted by molar-refractivity contribution is 6.33. The first kappa shape index (κ1) is 25.2. The summed E-state index contributed by atoms with van der Waals surface area (Å²) in [5, 5.41) is 6.62. The van der Waals surface area contributed by atoms with E-state index < -0.39 is 17.8 Å². The number of hydrogen-bond donors (Lipinski definition) is 2. The number of rotatable bonds is 9. The van der Waals surface area contributed by atoms with E-state index in [2.05, 4.69) is 15.8 Å². The van der Waals surface area contributed by atoms with Gasteiger partial charge >= 0.3 is 5.97 Å². The van der Waals surface area contributed by atoms with E-state index in [1.54, 1.807) is 48.5 Å². The number of ether oxygens (including phenoxy) is 2. The van der Waals surface area contributed by atoms with Gasteiger partial charge in [0.25, 0.3) is 11.8 Å². The number of amides is 2. The van der Waals surface area contributed by atoms with E-state index in [9.17, 15) is 14.4 Å². The third-order valence-corrected chi connectivity index (χ3v) is 4.87. The lowest BCUT2D eigenvalue weighted by atomic mass is 10.2. The Morgan fingerprint density at radius 1 is 0.943 bits per heavy atom. The van der Waals surface area contributed by atoms with Crippen LogP contribution in [-0.4, -0.2) is 37.7 Å². The largest absolute Gasteiger partial charge is 0.493 e. The topological polar surface area (TPSA) is 106 Å². The zero-order valence-electron chi connectivity index (χ0n) is 18.7. The molecule has 3 rings (SSSR count). The van der Waals surface area contributed by atoms with Gasteiger partial charge in [-0.15, -0.1) is 0 Å². The van der Waals surface area contributed by atoms with Gasteiger partial charge in [-0.1, -0.05) is 54.1 Å². The minimum atomic E-state index is -0.556. The summed E-state index contributed by atoms with van der Waals surface area (Å²) in [6.07, 6.45) is 4.36. The number of methoxy groups -OCH3 is 1. The number of nitrogens with one attached hydrogen (secondary N) is 2. The van der Waals surface area contributed by atoms with Crippen LogP contribution in [0.15, 0.2) is 84.0 Å². The minimum absolute atomic E-state index is 0.235. The third kappa shape index (κ3) is 7.83. The Kier molecular flexibility index (Phi) is 9.15. The number of benzene rings is 3. The lowest BCUT2D eigenvalue weighted by Crippen LogP contribution is -2.35. The summed E-state index contributed by atoms with van der Waals surface area (Å²) in [6.45, 7) is -0.282. The predicted molar refractivity (Wildman–Crippen MR) is 134 cm³/mol. The quantitative estimate of drug-likeness (QED) is 0.155. The van der Waals surface area contributed by atoms with Gasteiger partial charge in [0.05, 0.1) is 30.5 Å². The zero-order valence-corrected chi connectivity index (χ0v) is 19.5. The summed E-state index contributed by atoms with van der Waals surface area (Å²) in [4.78, 5) is 36.2. The molecular weight excluding hydrogens is 470 g/mol. The minimum Gasteiger partial charge on any atom is -0.493 e. The molecule has 0 saturated carbocycles. The number of hydrazone groups is 1. The molecular formula is C26H22ClN3O5. The summed E-state index contributed by atoms with van der Waals surface area (Å²) in [7, 11) is 1.44. The molecule has 2 amide bonds. The van der Waals surface area contributed by atoms with Crippen molar-refractivity contribution < 1.29 is 23.9 Å². The van der Waals surface area contributed by atoms with Crippen LogP contribution in [-0.2, 0) is 9.59 Å². The van der Waals surface area contributed by atoms with Crippen LogP contribution in [0.25, 0.3) is 6.08 Å². The number of carbonyl (C=O) groups is 3. The van der Waals surface area contributed by atoms with Crippen molar-refractivity contribution in [2.24, 2.45) is 5.10 Å². The Balaban J connectivity index is 1.52. The second-order valence-electron chi connectivity index (χ2n) is 7.03. The van der Waals surface area contributed by atoms with Gasteiger partial charge in [0.1, 0.15) is 0 Å². The normalized spacial score (nSPS) is 10.8. The van der Waals surface area contributed by atoms with Crippen molar-refractivity contribution in [3.63, 3.8) is 0 Å². The number of carbonyl (C=O) groups excluding carboxylic acids is 3. The van der Waals surface area contributed by atoms with Gasteiger partial charge in [-0.05, 0) is 47.5 Å². The Hall–Kier alpha value is -4.43. The molecule has 35 heavy (non-hydrogen) atoms. The first-order chi connectivity index (χ1) is 17.0. The van der Waals surface area contributed by atoms with E-state index in [1.807, 2.05) is 30.3 Å². The molecule has 3 aromatic rings. The highest BCUT2D eigenvalue weighted by Crippen LogP contribution is 2.27. The Bertz CT molecular complexity index is 1260. The molecule has 8 nitrogen and oxygen atoms in total. The third-order valence-electron chi connectivity index (χ3n) is 4.54. The highest BCUT2D eigenvalue weighted by Gasteiger charge is 2.11. The lowest BCUT2D eigenvalue weighted by molar-refractivity contribution is -0.129. The van der Waals surface area contributed by atoms with Gasteiger partial charge in [0.2, 0.25) is 0 Å². The summed E-state index contributed by atoms with van der Waals surface area (Å²) < 4.78 is 10.6. The van der Waals surface area contributed by atoms with Crippen molar-refractivity contribution in [1.82, 2.24) is 10.7 Å². The van der Waals surface area contributed by atoms with Crippen LogP contribution < -0.4 is 20.2 Å². The summed E-state index contributed by atoms with van der Waals surface area (Å²) in [5.41, 5.74) is 4.04. The van der Waals surface area contributed by atoms with Gasteiger partial charge in [0.15, 0.2) is 11.5 Å².